The van der Waals surface area contributed by atoms with Gasteiger partial charge in [-0.25, -0.2) is 4.98 Å². The quantitative estimate of drug-likeness (QED) is 0.161. The maximum Gasteiger partial charge on any atom is 0.124 e. The van der Waals surface area contributed by atoms with E-state index in [4.69, 9.17) is 4.98 Å². The number of rotatable bonds is 7. The predicted molar refractivity (Wildman–Crippen MR) is 246 cm³/mol. The van der Waals surface area contributed by atoms with E-state index in [-0.39, 0.29) is 0 Å². The molecule has 2 heterocycles. The van der Waals surface area contributed by atoms with Crippen LogP contribution in [0.1, 0.15) is 0 Å². The molecule has 2 aromatic heterocycles. The molecule has 0 aliphatic carbocycles. The highest BCUT2D eigenvalue weighted by atomic mass is 32.1. The summed E-state index contributed by atoms with van der Waals surface area (Å²) in [4.78, 5) is 7.40. The first-order valence-corrected chi connectivity index (χ1v) is 20.8. The highest BCUT2D eigenvalue weighted by Crippen LogP contribution is 2.44. The molecule has 0 unspecified atom stereocenters. The van der Waals surface area contributed by atoms with Crippen LogP contribution in [0.25, 0.3) is 85.1 Å². The largest absolute Gasteiger partial charge is 0.310 e. The monoisotopic (exact) mass is 762 g/mol. The first kappa shape index (κ1) is 33.5. The maximum atomic E-state index is 5.04. The minimum absolute atomic E-state index is 1.06. The van der Waals surface area contributed by atoms with Crippen molar-refractivity contribution in [1.82, 2.24) is 4.98 Å². The average Bonchev–Trinajstić information content (AvgIpc) is 3.87. The molecule has 9 aromatic carbocycles. The first-order valence-electron chi connectivity index (χ1n) is 19.2. The summed E-state index contributed by atoms with van der Waals surface area (Å²) in [6.45, 7) is 0. The third-order valence-corrected chi connectivity index (χ3v) is 13.1. The Morgan fingerprint density at radius 3 is 1.74 bits per heavy atom. The lowest BCUT2D eigenvalue weighted by Crippen LogP contribution is -2.10. The molecule has 11 aromatic rings. The normalized spacial score (nSPS) is 11.5. The van der Waals surface area contributed by atoms with Crippen molar-refractivity contribution >= 4 is 80.9 Å². The van der Waals surface area contributed by atoms with Crippen LogP contribution in [0.5, 0.6) is 0 Å². The van der Waals surface area contributed by atoms with Crippen LogP contribution < -0.4 is 4.90 Å². The van der Waals surface area contributed by atoms with Gasteiger partial charge < -0.3 is 4.90 Å². The molecule has 268 valence electrons. The van der Waals surface area contributed by atoms with Crippen LogP contribution in [-0.4, -0.2) is 4.98 Å². The van der Waals surface area contributed by atoms with E-state index in [1.165, 1.54) is 69.0 Å². The summed E-state index contributed by atoms with van der Waals surface area (Å²) in [5.41, 5.74) is 12.8. The Balaban J connectivity index is 1.00. The summed E-state index contributed by atoms with van der Waals surface area (Å²) >= 11 is 3.62. The minimum atomic E-state index is 1.06. The van der Waals surface area contributed by atoms with Gasteiger partial charge in [-0.15, -0.1) is 22.7 Å². The molecule has 0 saturated carbocycles. The number of hydrogen-bond acceptors (Lipinski definition) is 4. The Hall–Kier alpha value is -6.85. The molecule has 11 rings (SSSR count). The molecule has 0 N–H and O–H groups in total. The minimum Gasteiger partial charge on any atom is -0.310 e. The Morgan fingerprint density at radius 1 is 0.351 bits per heavy atom. The Kier molecular flexibility index (Phi) is 8.24. The number of benzene rings is 9. The van der Waals surface area contributed by atoms with Crippen molar-refractivity contribution in [3.05, 3.63) is 206 Å². The standard InChI is InChI=1S/C53H34N2S2/c1-3-11-35(12-4-1)37-23-27-43(28-24-37)55(45-18-9-17-41(32-45)42-22-21-36-13-7-8-16-40(36)31-42)44-29-25-38(26-30-44)46-19-10-20-49-52(46)47-33-51-48(34-50(47)56-49)54-53(57-51)39-14-5-2-6-15-39/h1-34H. The van der Waals surface area contributed by atoms with Crippen LogP contribution in [-0.2, 0) is 0 Å². The molecular formula is C53H34N2S2. The average molecular weight is 763 g/mol. The Labute approximate surface area is 339 Å². The molecule has 0 amide bonds. The van der Waals surface area contributed by atoms with Gasteiger partial charge in [0.2, 0.25) is 0 Å². The lowest BCUT2D eigenvalue weighted by atomic mass is 9.98. The summed E-state index contributed by atoms with van der Waals surface area (Å²) in [6, 6.07) is 74.6. The fourth-order valence-corrected chi connectivity index (χ4v) is 10.2. The van der Waals surface area contributed by atoms with E-state index in [1.54, 1.807) is 11.3 Å². The molecule has 0 fully saturated rings. The van der Waals surface area contributed by atoms with Crippen molar-refractivity contribution in [1.29, 1.82) is 0 Å². The predicted octanol–water partition coefficient (Wildman–Crippen LogP) is 16.0. The van der Waals surface area contributed by atoms with Crippen LogP contribution in [0, 0.1) is 0 Å². The lowest BCUT2D eigenvalue weighted by molar-refractivity contribution is 1.28. The summed E-state index contributed by atoms with van der Waals surface area (Å²) in [7, 11) is 0. The number of aromatic nitrogens is 1. The molecule has 0 bridgehead atoms. The zero-order valence-corrected chi connectivity index (χ0v) is 32.5. The molecule has 57 heavy (non-hydrogen) atoms. The summed E-state index contributed by atoms with van der Waals surface area (Å²) in [5.74, 6) is 0. The topological polar surface area (TPSA) is 16.1 Å². The van der Waals surface area contributed by atoms with Gasteiger partial charge in [0, 0.05) is 42.8 Å². The molecule has 0 atom stereocenters. The highest BCUT2D eigenvalue weighted by molar-refractivity contribution is 7.26. The van der Waals surface area contributed by atoms with Gasteiger partial charge in [0.25, 0.3) is 0 Å². The second-order valence-corrected chi connectivity index (χ2v) is 16.5. The zero-order valence-electron chi connectivity index (χ0n) is 30.8. The number of fused-ring (bicyclic) bond motifs is 5. The molecular weight excluding hydrogens is 729 g/mol. The number of thiophene rings is 1. The molecule has 4 heteroatoms. The van der Waals surface area contributed by atoms with Gasteiger partial charge in [0.15, 0.2) is 0 Å². The van der Waals surface area contributed by atoms with E-state index in [2.05, 4.69) is 211 Å². The van der Waals surface area contributed by atoms with Crippen molar-refractivity contribution in [2.24, 2.45) is 0 Å². The number of anilines is 3. The Bertz CT molecular complexity index is 3220. The van der Waals surface area contributed by atoms with E-state index < -0.39 is 0 Å². The maximum absolute atomic E-state index is 5.04. The summed E-state index contributed by atoms with van der Waals surface area (Å²) in [6.07, 6.45) is 0. The number of hydrogen-bond donors (Lipinski definition) is 0. The Morgan fingerprint density at radius 2 is 0.965 bits per heavy atom. The van der Waals surface area contributed by atoms with E-state index in [0.29, 0.717) is 0 Å². The van der Waals surface area contributed by atoms with E-state index in [1.807, 2.05) is 11.3 Å². The third kappa shape index (κ3) is 6.16. The van der Waals surface area contributed by atoms with Crippen molar-refractivity contribution in [3.63, 3.8) is 0 Å². The lowest BCUT2D eigenvalue weighted by Gasteiger charge is -2.26. The fourth-order valence-electron chi connectivity index (χ4n) is 8.06. The SMILES string of the molecule is c1ccc(-c2ccc(N(c3ccc(-c4cccc5sc6cc7nc(-c8ccccc8)sc7cc6c45)cc3)c3cccc(-c4ccc5ccccc5c4)c3)cc2)cc1. The van der Waals surface area contributed by atoms with Crippen molar-refractivity contribution in [3.8, 4) is 44.0 Å². The van der Waals surface area contributed by atoms with Crippen LogP contribution in [0.3, 0.4) is 0 Å². The second-order valence-electron chi connectivity index (χ2n) is 14.4. The third-order valence-electron chi connectivity index (χ3n) is 10.9. The van der Waals surface area contributed by atoms with Crippen LogP contribution in [0.15, 0.2) is 206 Å². The van der Waals surface area contributed by atoms with Gasteiger partial charge >= 0.3 is 0 Å². The van der Waals surface area contributed by atoms with Crippen molar-refractivity contribution < 1.29 is 0 Å². The van der Waals surface area contributed by atoms with E-state index in [0.717, 1.165) is 33.1 Å². The molecule has 0 saturated heterocycles. The molecule has 0 aliphatic heterocycles. The number of thiazole rings is 1. The van der Waals surface area contributed by atoms with Gasteiger partial charge in [-0.3, -0.25) is 0 Å². The fraction of sp³-hybridized carbons (Fsp3) is 0. The molecule has 2 nitrogen and oxygen atoms in total. The van der Waals surface area contributed by atoms with E-state index in [9.17, 15) is 0 Å². The number of nitrogens with zero attached hydrogens (tertiary/aromatic N) is 2. The van der Waals surface area contributed by atoms with Gasteiger partial charge in [-0.1, -0.05) is 146 Å². The van der Waals surface area contributed by atoms with Gasteiger partial charge in [-0.2, -0.15) is 0 Å². The van der Waals surface area contributed by atoms with Crippen LogP contribution in [0.2, 0.25) is 0 Å². The van der Waals surface area contributed by atoms with E-state index >= 15 is 0 Å². The van der Waals surface area contributed by atoms with Crippen molar-refractivity contribution in [2.75, 3.05) is 4.90 Å². The van der Waals surface area contributed by atoms with Gasteiger partial charge in [0.05, 0.1) is 10.2 Å². The van der Waals surface area contributed by atoms with Crippen LogP contribution >= 0.6 is 22.7 Å². The second kappa shape index (κ2) is 14.0. The van der Waals surface area contributed by atoms with Crippen LogP contribution in [0.4, 0.5) is 17.1 Å². The van der Waals surface area contributed by atoms with Gasteiger partial charge in [-0.05, 0) is 105 Å². The van der Waals surface area contributed by atoms with Crippen molar-refractivity contribution in [2.45, 2.75) is 0 Å². The van der Waals surface area contributed by atoms with Gasteiger partial charge in [0.1, 0.15) is 5.01 Å². The molecule has 0 aliphatic rings. The summed E-state index contributed by atoms with van der Waals surface area (Å²) < 4.78 is 3.77. The highest BCUT2D eigenvalue weighted by Gasteiger charge is 2.17. The summed E-state index contributed by atoms with van der Waals surface area (Å²) in [5, 5.41) is 6.14. The molecule has 0 spiro atoms. The molecule has 0 radical (unpaired) electrons. The first-order chi connectivity index (χ1) is 28.2. The smallest absolute Gasteiger partial charge is 0.124 e. The zero-order chi connectivity index (χ0) is 37.7.